The molecule has 6 heteroatoms. The maximum atomic E-state index is 6.60. The van der Waals surface area contributed by atoms with Crippen molar-refractivity contribution in [2.24, 2.45) is 0 Å². The van der Waals surface area contributed by atoms with Gasteiger partial charge < -0.3 is 28.4 Å². The normalized spacial score (nSPS) is 23.6. The maximum absolute atomic E-state index is 6.60. The zero-order valence-corrected chi connectivity index (χ0v) is 27.3. The van der Waals surface area contributed by atoms with E-state index in [-0.39, 0.29) is 24.4 Å². The Morgan fingerprint density at radius 2 is 0.800 bits per heavy atom. The Hall–Kier alpha value is -0.240. The maximum Gasteiger partial charge on any atom is 0.163 e. The quantitative estimate of drug-likeness (QED) is 0.102. The minimum absolute atomic E-state index is 0.186. The second kappa shape index (κ2) is 20.6. The lowest BCUT2D eigenvalue weighted by Crippen LogP contribution is -2.50. The van der Waals surface area contributed by atoms with Crippen LogP contribution in [0.2, 0.25) is 0 Å². The van der Waals surface area contributed by atoms with E-state index in [1.165, 1.54) is 103 Å². The first-order chi connectivity index (χ1) is 19.3. The molecule has 2 aliphatic heterocycles. The Morgan fingerprint density at radius 3 is 1.07 bits per heavy atom. The molecule has 4 atom stereocenters. The summed E-state index contributed by atoms with van der Waals surface area (Å²) in [5.74, 6) is -1.23. The number of hydrogen-bond acceptors (Lipinski definition) is 6. The molecule has 0 spiro atoms. The van der Waals surface area contributed by atoms with Gasteiger partial charge in [0.05, 0.1) is 13.2 Å². The van der Waals surface area contributed by atoms with Crippen molar-refractivity contribution in [3.05, 3.63) is 0 Å². The smallest absolute Gasteiger partial charge is 0.163 e. The number of unbranched alkanes of at least 4 members (excludes halogenated alkanes) is 16. The highest BCUT2D eigenvalue weighted by Gasteiger charge is 2.47. The van der Waals surface area contributed by atoms with Crippen LogP contribution in [0.5, 0.6) is 0 Å². The topological polar surface area (TPSA) is 55.4 Å². The number of ether oxygens (including phenoxy) is 6. The van der Waals surface area contributed by atoms with Crippen molar-refractivity contribution in [1.29, 1.82) is 0 Å². The van der Waals surface area contributed by atoms with Gasteiger partial charge in [0.1, 0.15) is 24.4 Å². The second-order valence-electron chi connectivity index (χ2n) is 13.1. The SMILES string of the molecule is CCCCCCCCCCCCO[C@@H]([C@H](OCCCCCCCCCC)[C@H]1COC(C)(C)O1)[C@H]1COC(C)(C)O1. The fourth-order valence-electron chi connectivity index (χ4n) is 5.85. The molecule has 0 amide bonds. The van der Waals surface area contributed by atoms with Gasteiger partial charge in [-0.1, -0.05) is 117 Å². The third-order valence-electron chi connectivity index (χ3n) is 8.23. The van der Waals surface area contributed by atoms with E-state index < -0.39 is 11.6 Å². The molecule has 0 aromatic rings. The number of rotatable bonds is 25. The highest BCUT2D eigenvalue weighted by molar-refractivity contribution is 4.91. The van der Waals surface area contributed by atoms with E-state index in [4.69, 9.17) is 28.4 Å². The standard InChI is InChI=1S/C34H66O6/c1-7-9-11-13-15-17-18-20-22-24-26-36-32(30-28-38-34(5,6)40-30)31(29-27-37-33(3,4)39-29)35-25-23-21-19-16-14-12-10-8-2/h29-32H,7-28H2,1-6H3/t29-,30-,31-,32-/m1/s1. The molecule has 2 aliphatic rings. The van der Waals surface area contributed by atoms with E-state index in [1.54, 1.807) is 0 Å². The summed E-state index contributed by atoms with van der Waals surface area (Å²) in [7, 11) is 0. The summed E-state index contributed by atoms with van der Waals surface area (Å²) in [4.78, 5) is 0. The minimum atomic E-state index is -0.613. The highest BCUT2D eigenvalue weighted by Crippen LogP contribution is 2.33. The van der Waals surface area contributed by atoms with Crippen LogP contribution in [0.1, 0.15) is 157 Å². The molecular weight excluding hydrogens is 504 g/mol. The lowest BCUT2D eigenvalue weighted by molar-refractivity contribution is -0.204. The van der Waals surface area contributed by atoms with Gasteiger partial charge in [0, 0.05) is 13.2 Å². The molecule has 2 rings (SSSR count). The Labute approximate surface area is 247 Å². The van der Waals surface area contributed by atoms with Gasteiger partial charge in [0.25, 0.3) is 0 Å². The Bertz CT molecular complexity index is 609. The lowest BCUT2D eigenvalue weighted by atomic mass is 10.0. The first kappa shape index (κ1) is 36.0. The Morgan fingerprint density at radius 1 is 0.500 bits per heavy atom. The zero-order valence-electron chi connectivity index (χ0n) is 27.3. The Balaban J connectivity index is 1.85. The van der Waals surface area contributed by atoms with Gasteiger partial charge in [0.15, 0.2) is 11.6 Å². The van der Waals surface area contributed by atoms with E-state index in [0.29, 0.717) is 26.4 Å². The minimum Gasteiger partial charge on any atom is -0.373 e. The molecule has 0 unspecified atom stereocenters. The molecule has 40 heavy (non-hydrogen) atoms. The molecule has 0 aromatic carbocycles. The van der Waals surface area contributed by atoms with E-state index in [2.05, 4.69) is 13.8 Å². The molecule has 0 N–H and O–H groups in total. The van der Waals surface area contributed by atoms with Gasteiger partial charge >= 0.3 is 0 Å². The molecule has 0 aliphatic carbocycles. The van der Waals surface area contributed by atoms with Gasteiger partial charge in [-0.25, -0.2) is 0 Å². The molecule has 0 radical (unpaired) electrons. The van der Waals surface area contributed by atoms with Crippen LogP contribution in [-0.4, -0.2) is 62.4 Å². The van der Waals surface area contributed by atoms with E-state index in [9.17, 15) is 0 Å². The molecule has 2 saturated heterocycles. The molecule has 2 heterocycles. The van der Waals surface area contributed by atoms with Crippen molar-refractivity contribution < 1.29 is 28.4 Å². The fraction of sp³-hybridized carbons (Fsp3) is 1.00. The molecule has 0 bridgehead atoms. The largest absolute Gasteiger partial charge is 0.373 e. The Kier molecular flexibility index (Phi) is 18.5. The summed E-state index contributed by atoms with van der Waals surface area (Å²) in [6.45, 7) is 14.9. The van der Waals surface area contributed by atoms with Crippen molar-refractivity contribution in [1.82, 2.24) is 0 Å². The van der Waals surface area contributed by atoms with Gasteiger partial charge in [0.2, 0.25) is 0 Å². The first-order valence-electron chi connectivity index (χ1n) is 17.1. The van der Waals surface area contributed by atoms with Crippen molar-refractivity contribution in [3.8, 4) is 0 Å². The molecular formula is C34H66O6. The fourth-order valence-corrected chi connectivity index (χ4v) is 5.85. The summed E-state index contributed by atoms with van der Waals surface area (Å²) < 4.78 is 37.8. The highest BCUT2D eigenvalue weighted by atomic mass is 16.8. The van der Waals surface area contributed by atoms with Gasteiger partial charge in [-0.15, -0.1) is 0 Å². The van der Waals surface area contributed by atoms with Crippen LogP contribution in [0, 0.1) is 0 Å². The van der Waals surface area contributed by atoms with Crippen LogP contribution in [0.3, 0.4) is 0 Å². The van der Waals surface area contributed by atoms with Gasteiger partial charge in [-0.3, -0.25) is 0 Å². The third-order valence-corrected chi connectivity index (χ3v) is 8.23. The predicted molar refractivity (Wildman–Crippen MR) is 164 cm³/mol. The molecule has 2 fully saturated rings. The average molecular weight is 571 g/mol. The number of hydrogen-bond donors (Lipinski definition) is 0. The lowest BCUT2D eigenvalue weighted by Gasteiger charge is -2.34. The van der Waals surface area contributed by atoms with Crippen molar-refractivity contribution in [2.75, 3.05) is 26.4 Å². The van der Waals surface area contributed by atoms with Crippen LogP contribution >= 0.6 is 0 Å². The second-order valence-corrected chi connectivity index (χ2v) is 13.1. The van der Waals surface area contributed by atoms with Crippen LogP contribution in [0.15, 0.2) is 0 Å². The van der Waals surface area contributed by atoms with Crippen molar-refractivity contribution in [2.45, 2.75) is 193 Å². The third kappa shape index (κ3) is 15.3. The summed E-state index contributed by atoms with van der Waals surface area (Å²) in [5.41, 5.74) is 0. The average Bonchev–Trinajstić information content (AvgIpc) is 3.47. The molecule has 6 nitrogen and oxygen atoms in total. The monoisotopic (exact) mass is 570 g/mol. The van der Waals surface area contributed by atoms with E-state index in [1.807, 2.05) is 27.7 Å². The van der Waals surface area contributed by atoms with Gasteiger partial charge in [-0.2, -0.15) is 0 Å². The summed E-state index contributed by atoms with van der Waals surface area (Å²) in [5, 5.41) is 0. The van der Waals surface area contributed by atoms with Crippen molar-refractivity contribution >= 4 is 0 Å². The summed E-state index contributed by atoms with van der Waals surface area (Å²) in [6.07, 6.45) is 22.4. The van der Waals surface area contributed by atoms with E-state index in [0.717, 1.165) is 12.8 Å². The molecule has 0 aromatic heterocycles. The van der Waals surface area contributed by atoms with Crippen molar-refractivity contribution in [3.63, 3.8) is 0 Å². The van der Waals surface area contributed by atoms with E-state index >= 15 is 0 Å². The van der Waals surface area contributed by atoms with Crippen LogP contribution in [-0.2, 0) is 28.4 Å². The van der Waals surface area contributed by atoms with Crippen LogP contribution < -0.4 is 0 Å². The summed E-state index contributed by atoms with van der Waals surface area (Å²) >= 11 is 0. The molecule has 238 valence electrons. The molecule has 0 saturated carbocycles. The predicted octanol–water partition coefficient (Wildman–Crippen LogP) is 9.12. The first-order valence-corrected chi connectivity index (χ1v) is 17.1. The summed E-state index contributed by atoms with van der Waals surface area (Å²) in [6, 6.07) is 0. The van der Waals surface area contributed by atoms with Crippen LogP contribution in [0.4, 0.5) is 0 Å². The van der Waals surface area contributed by atoms with Crippen LogP contribution in [0.25, 0.3) is 0 Å². The van der Waals surface area contributed by atoms with Gasteiger partial charge in [-0.05, 0) is 40.5 Å². The zero-order chi connectivity index (χ0) is 29.1.